The van der Waals surface area contributed by atoms with Gasteiger partial charge in [-0.25, -0.2) is 0 Å². The van der Waals surface area contributed by atoms with E-state index >= 15 is 0 Å². The first-order chi connectivity index (χ1) is 11.1. The maximum absolute atomic E-state index is 13.4. The van der Waals surface area contributed by atoms with Gasteiger partial charge in [0, 0.05) is 11.8 Å². The van der Waals surface area contributed by atoms with Crippen molar-refractivity contribution in [3.05, 3.63) is 11.8 Å². The molecule has 5 atom stereocenters. The second kappa shape index (κ2) is 6.96. The average molecular weight is 348 g/mol. The SMILES string of the molecule is CCCCC(C)(CC=C(O)[C@@H]1[C@H]2CC(=O)O[C@@H]2C[C@H]1C)C(F)(F)F. The van der Waals surface area contributed by atoms with Gasteiger partial charge in [0.2, 0.25) is 0 Å². The van der Waals surface area contributed by atoms with Crippen LogP contribution in [0, 0.1) is 23.2 Å². The van der Waals surface area contributed by atoms with Crippen LogP contribution in [0.4, 0.5) is 13.2 Å². The number of unbranched alkanes of at least 4 members (excludes halogenated alkanes) is 1. The van der Waals surface area contributed by atoms with Crippen LogP contribution in [0.15, 0.2) is 11.8 Å². The Bertz CT molecular complexity index is 500. The minimum Gasteiger partial charge on any atom is -0.512 e. The van der Waals surface area contributed by atoms with Gasteiger partial charge in [-0.1, -0.05) is 33.6 Å². The van der Waals surface area contributed by atoms with Crippen LogP contribution in [0.1, 0.15) is 59.3 Å². The van der Waals surface area contributed by atoms with Crippen molar-refractivity contribution in [2.24, 2.45) is 23.2 Å². The van der Waals surface area contributed by atoms with Crippen molar-refractivity contribution in [1.29, 1.82) is 0 Å². The first-order valence-corrected chi connectivity index (χ1v) is 8.74. The number of allylic oxidation sites excluding steroid dienone is 2. The number of rotatable bonds is 6. The summed E-state index contributed by atoms with van der Waals surface area (Å²) in [5, 5.41) is 10.4. The third kappa shape index (κ3) is 3.72. The van der Waals surface area contributed by atoms with E-state index in [1.165, 1.54) is 13.0 Å². The first-order valence-electron chi connectivity index (χ1n) is 8.74. The zero-order chi connectivity index (χ0) is 18.1. The molecule has 0 amide bonds. The molecule has 3 nitrogen and oxygen atoms in total. The molecule has 0 aromatic carbocycles. The van der Waals surface area contributed by atoms with Crippen LogP contribution in [0.3, 0.4) is 0 Å². The Morgan fingerprint density at radius 3 is 2.67 bits per heavy atom. The Hall–Kier alpha value is -1.20. The molecule has 0 spiro atoms. The maximum atomic E-state index is 13.4. The van der Waals surface area contributed by atoms with E-state index in [-0.39, 0.29) is 54.8 Å². The number of carbonyl (C=O) groups is 1. The van der Waals surface area contributed by atoms with Gasteiger partial charge in [-0.3, -0.25) is 4.79 Å². The Morgan fingerprint density at radius 2 is 2.08 bits per heavy atom. The third-order valence-electron chi connectivity index (χ3n) is 5.71. The summed E-state index contributed by atoms with van der Waals surface area (Å²) in [6.07, 6.45) is -1.29. The number of hydrogen-bond acceptors (Lipinski definition) is 3. The van der Waals surface area contributed by atoms with Crippen LogP contribution >= 0.6 is 0 Å². The van der Waals surface area contributed by atoms with Gasteiger partial charge in [0.25, 0.3) is 0 Å². The number of aliphatic hydroxyl groups is 1. The van der Waals surface area contributed by atoms with Crippen molar-refractivity contribution in [1.82, 2.24) is 0 Å². The van der Waals surface area contributed by atoms with E-state index in [1.807, 2.05) is 13.8 Å². The highest BCUT2D eigenvalue weighted by atomic mass is 19.4. The number of halogens is 3. The number of ether oxygens (including phenoxy) is 1. The lowest BCUT2D eigenvalue weighted by molar-refractivity contribution is -0.219. The summed E-state index contributed by atoms with van der Waals surface area (Å²) in [6, 6.07) is 0. The summed E-state index contributed by atoms with van der Waals surface area (Å²) >= 11 is 0. The summed E-state index contributed by atoms with van der Waals surface area (Å²) in [5.41, 5.74) is -1.83. The van der Waals surface area contributed by atoms with E-state index in [0.717, 1.165) is 0 Å². The molecule has 0 aromatic rings. The van der Waals surface area contributed by atoms with Crippen LogP contribution in [-0.2, 0) is 9.53 Å². The van der Waals surface area contributed by atoms with Crippen LogP contribution in [0.25, 0.3) is 0 Å². The Balaban J connectivity index is 2.12. The van der Waals surface area contributed by atoms with Crippen LogP contribution in [-0.4, -0.2) is 23.4 Å². The normalized spacial score (nSPS) is 33.2. The van der Waals surface area contributed by atoms with E-state index in [2.05, 4.69) is 0 Å². The Labute approximate surface area is 141 Å². The molecule has 1 aliphatic carbocycles. The quantitative estimate of drug-likeness (QED) is 0.532. The first kappa shape index (κ1) is 19.1. The molecule has 2 rings (SSSR count). The number of esters is 1. The Kier molecular flexibility index (Phi) is 5.55. The number of carbonyl (C=O) groups excluding carboxylic acids is 1. The minimum atomic E-state index is -4.31. The Morgan fingerprint density at radius 1 is 1.42 bits per heavy atom. The molecule has 0 bridgehead atoms. The molecule has 6 heteroatoms. The smallest absolute Gasteiger partial charge is 0.394 e. The molecule has 1 saturated carbocycles. The van der Waals surface area contributed by atoms with Crippen molar-refractivity contribution in [2.75, 3.05) is 0 Å². The van der Waals surface area contributed by atoms with E-state index < -0.39 is 11.6 Å². The number of hydrogen-bond donors (Lipinski definition) is 1. The third-order valence-corrected chi connectivity index (χ3v) is 5.71. The van der Waals surface area contributed by atoms with Crippen molar-refractivity contribution in [3.8, 4) is 0 Å². The van der Waals surface area contributed by atoms with Gasteiger partial charge in [-0.15, -0.1) is 0 Å². The lowest BCUT2D eigenvalue weighted by Crippen LogP contribution is -2.35. The largest absolute Gasteiger partial charge is 0.512 e. The second-order valence-corrected chi connectivity index (χ2v) is 7.63. The lowest BCUT2D eigenvalue weighted by Gasteiger charge is -2.31. The molecule has 1 aliphatic heterocycles. The molecule has 2 fully saturated rings. The molecular formula is C18H27F3O3. The van der Waals surface area contributed by atoms with Crippen LogP contribution < -0.4 is 0 Å². The number of fused-ring (bicyclic) bond motifs is 1. The molecule has 1 unspecified atom stereocenters. The molecule has 1 N–H and O–H groups in total. The van der Waals surface area contributed by atoms with Crippen molar-refractivity contribution in [2.45, 2.75) is 71.6 Å². The highest BCUT2D eigenvalue weighted by Crippen LogP contribution is 2.49. The average Bonchev–Trinajstić information content (AvgIpc) is 2.95. The summed E-state index contributed by atoms with van der Waals surface area (Å²) in [5.74, 6) is -0.600. The zero-order valence-electron chi connectivity index (χ0n) is 14.5. The monoisotopic (exact) mass is 348 g/mol. The fourth-order valence-corrected chi connectivity index (χ4v) is 4.05. The van der Waals surface area contributed by atoms with E-state index in [0.29, 0.717) is 19.3 Å². The van der Waals surface area contributed by atoms with E-state index in [1.54, 1.807) is 0 Å². The molecule has 1 saturated heterocycles. The molecule has 0 radical (unpaired) electrons. The van der Waals surface area contributed by atoms with Gasteiger partial charge in [0.15, 0.2) is 0 Å². The fourth-order valence-electron chi connectivity index (χ4n) is 4.05. The standard InChI is InChI=1S/C18H27F3O3/c1-4-5-7-17(3,18(19,20)21)8-6-13(22)16-11(2)9-14-12(16)10-15(23)24-14/h6,11-12,14,16,22H,4-5,7-10H2,1-3H3/t11-,12+,14-,16+,17?/m1/s1. The number of alkyl halides is 3. The van der Waals surface area contributed by atoms with E-state index in [4.69, 9.17) is 4.74 Å². The molecule has 1 heterocycles. The van der Waals surface area contributed by atoms with Gasteiger partial charge in [0.1, 0.15) is 6.10 Å². The van der Waals surface area contributed by atoms with Gasteiger partial charge in [-0.05, 0) is 31.3 Å². The molecule has 0 aromatic heterocycles. The number of aliphatic hydroxyl groups excluding tert-OH is 1. The van der Waals surface area contributed by atoms with Crippen molar-refractivity contribution < 1.29 is 27.8 Å². The molecular weight excluding hydrogens is 321 g/mol. The van der Waals surface area contributed by atoms with Crippen LogP contribution in [0.2, 0.25) is 0 Å². The maximum Gasteiger partial charge on any atom is 0.394 e. The van der Waals surface area contributed by atoms with E-state index in [9.17, 15) is 23.1 Å². The summed E-state index contributed by atoms with van der Waals surface area (Å²) in [4.78, 5) is 11.4. The van der Waals surface area contributed by atoms with Crippen molar-refractivity contribution >= 4 is 5.97 Å². The fraction of sp³-hybridized carbons (Fsp3) is 0.833. The summed E-state index contributed by atoms with van der Waals surface area (Å²) in [6.45, 7) is 5.03. The summed E-state index contributed by atoms with van der Waals surface area (Å²) < 4.78 is 45.5. The second-order valence-electron chi connectivity index (χ2n) is 7.63. The predicted molar refractivity (Wildman–Crippen MR) is 84.3 cm³/mol. The van der Waals surface area contributed by atoms with Gasteiger partial charge < -0.3 is 9.84 Å². The highest BCUT2D eigenvalue weighted by molar-refractivity contribution is 5.72. The van der Waals surface area contributed by atoms with Crippen molar-refractivity contribution in [3.63, 3.8) is 0 Å². The summed E-state index contributed by atoms with van der Waals surface area (Å²) in [7, 11) is 0. The van der Waals surface area contributed by atoms with Gasteiger partial charge >= 0.3 is 12.1 Å². The zero-order valence-corrected chi connectivity index (χ0v) is 14.5. The minimum absolute atomic E-state index is 0.0136. The molecule has 138 valence electrons. The molecule has 2 aliphatic rings. The lowest BCUT2D eigenvalue weighted by atomic mass is 9.79. The highest BCUT2D eigenvalue weighted by Gasteiger charge is 2.52. The molecule has 24 heavy (non-hydrogen) atoms. The topological polar surface area (TPSA) is 46.5 Å². The van der Waals surface area contributed by atoms with Gasteiger partial charge in [-0.2, -0.15) is 13.2 Å². The van der Waals surface area contributed by atoms with Gasteiger partial charge in [0.05, 0.1) is 17.6 Å². The predicted octanol–water partition coefficient (Wildman–Crippen LogP) is 5.16. The van der Waals surface area contributed by atoms with Crippen LogP contribution in [0.5, 0.6) is 0 Å².